The number of amides is 1. The van der Waals surface area contributed by atoms with Crippen LogP contribution >= 0.6 is 0 Å². The standard InChI is InChI=1S/C14H18F2N2O/c1-9-3-6-11(15)12(13(9)16)14(19)18-8-2-7-17-10-4-5-10/h3,6,10,17H,2,4-5,7-8H2,1H3,(H,18,19). The summed E-state index contributed by atoms with van der Waals surface area (Å²) in [5, 5.41) is 5.85. The molecule has 0 spiro atoms. The van der Waals surface area contributed by atoms with Crippen molar-refractivity contribution in [3.05, 3.63) is 34.9 Å². The molecule has 0 aliphatic heterocycles. The predicted molar refractivity (Wildman–Crippen MR) is 69.1 cm³/mol. The molecule has 0 bridgehead atoms. The Kier molecular flexibility index (Phi) is 4.47. The van der Waals surface area contributed by atoms with Crippen LogP contribution in [0, 0.1) is 18.6 Å². The molecule has 2 N–H and O–H groups in total. The number of nitrogens with one attached hydrogen (secondary N) is 2. The monoisotopic (exact) mass is 268 g/mol. The molecule has 3 nitrogen and oxygen atoms in total. The SMILES string of the molecule is Cc1ccc(F)c(C(=O)NCCCNC2CC2)c1F. The van der Waals surface area contributed by atoms with Crippen molar-refractivity contribution >= 4 is 5.91 Å². The fraction of sp³-hybridized carbons (Fsp3) is 0.500. The number of benzene rings is 1. The zero-order valence-electron chi connectivity index (χ0n) is 10.9. The average Bonchev–Trinajstić information content (AvgIpc) is 3.18. The summed E-state index contributed by atoms with van der Waals surface area (Å²) in [6, 6.07) is 3.06. The molecule has 0 atom stereocenters. The van der Waals surface area contributed by atoms with Crippen LogP contribution in [-0.2, 0) is 0 Å². The number of aryl methyl sites for hydroxylation is 1. The van der Waals surface area contributed by atoms with Gasteiger partial charge in [0.2, 0.25) is 0 Å². The topological polar surface area (TPSA) is 41.1 Å². The molecule has 5 heteroatoms. The second kappa shape index (κ2) is 6.10. The Morgan fingerprint density at radius 3 is 2.74 bits per heavy atom. The fourth-order valence-electron chi connectivity index (χ4n) is 1.84. The van der Waals surface area contributed by atoms with Crippen LogP contribution in [0.4, 0.5) is 8.78 Å². The third kappa shape index (κ3) is 3.73. The number of carbonyl (C=O) groups is 1. The van der Waals surface area contributed by atoms with Crippen LogP contribution in [-0.4, -0.2) is 25.0 Å². The molecule has 1 saturated carbocycles. The minimum Gasteiger partial charge on any atom is -0.352 e. The molecule has 0 saturated heterocycles. The number of carbonyl (C=O) groups excluding carboxylic acids is 1. The molecule has 1 aromatic carbocycles. The lowest BCUT2D eigenvalue weighted by atomic mass is 10.1. The fourth-order valence-corrected chi connectivity index (χ4v) is 1.84. The lowest BCUT2D eigenvalue weighted by Crippen LogP contribution is -2.29. The molecule has 1 fully saturated rings. The van der Waals surface area contributed by atoms with E-state index in [0.29, 0.717) is 12.6 Å². The van der Waals surface area contributed by atoms with Crippen LogP contribution in [0.15, 0.2) is 12.1 Å². The maximum Gasteiger partial charge on any atom is 0.257 e. The molecular weight excluding hydrogens is 250 g/mol. The highest BCUT2D eigenvalue weighted by atomic mass is 19.1. The molecule has 104 valence electrons. The Labute approximate surface area is 111 Å². The third-order valence-corrected chi connectivity index (χ3v) is 3.16. The maximum absolute atomic E-state index is 13.7. The van der Waals surface area contributed by atoms with Gasteiger partial charge in [-0.05, 0) is 44.4 Å². The highest BCUT2D eigenvalue weighted by molar-refractivity contribution is 5.94. The van der Waals surface area contributed by atoms with Gasteiger partial charge in [0, 0.05) is 12.6 Å². The summed E-state index contributed by atoms with van der Waals surface area (Å²) >= 11 is 0. The summed E-state index contributed by atoms with van der Waals surface area (Å²) in [4.78, 5) is 11.7. The first-order valence-corrected chi connectivity index (χ1v) is 6.56. The number of hydrogen-bond acceptors (Lipinski definition) is 2. The Hall–Kier alpha value is -1.49. The van der Waals surface area contributed by atoms with Crippen molar-refractivity contribution in [1.29, 1.82) is 0 Å². The van der Waals surface area contributed by atoms with E-state index in [1.807, 2.05) is 0 Å². The molecular formula is C14H18F2N2O. The van der Waals surface area contributed by atoms with E-state index in [1.165, 1.54) is 25.8 Å². The Balaban J connectivity index is 1.83. The van der Waals surface area contributed by atoms with Crippen molar-refractivity contribution < 1.29 is 13.6 Å². The minimum atomic E-state index is -0.822. The van der Waals surface area contributed by atoms with Crippen molar-refractivity contribution in [2.75, 3.05) is 13.1 Å². The van der Waals surface area contributed by atoms with Gasteiger partial charge >= 0.3 is 0 Å². The van der Waals surface area contributed by atoms with Crippen molar-refractivity contribution in [3.63, 3.8) is 0 Å². The van der Waals surface area contributed by atoms with E-state index >= 15 is 0 Å². The van der Waals surface area contributed by atoms with Crippen LogP contribution in [0.3, 0.4) is 0 Å². The summed E-state index contributed by atoms with van der Waals surface area (Å²) in [6.45, 7) is 2.72. The molecule has 1 aliphatic carbocycles. The normalized spacial score (nSPS) is 14.5. The molecule has 2 rings (SSSR count). The molecule has 1 aliphatic rings. The van der Waals surface area contributed by atoms with Crippen LogP contribution in [0.5, 0.6) is 0 Å². The molecule has 0 radical (unpaired) electrons. The van der Waals surface area contributed by atoms with E-state index in [9.17, 15) is 13.6 Å². The Morgan fingerprint density at radius 2 is 2.05 bits per heavy atom. The lowest BCUT2D eigenvalue weighted by molar-refractivity contribution is 0.0944. The van der Waals surface area contributed by atoms with Crippen molar-refractivity contribution in [1.82, 2.24) is 10.6 Å². The van der Waals surface area contributed by atoms with Gasteiger partial charge in [0.15, 0.2) is 0 Å². The van der Waals surface area contributed by atoms with Gasteiger partial charge in [0.25, 0.3) is 5.91 Å². The van der Waals surface area contributed by atoms with Crippen LogP contribution < -0.4 is 10.6 Å². The van der Waals surface area contributed by atoms with Crippen LogP contribution in [0.25, 0.3) is 0 Å². The summed E-state index contributed by atoms with van der Waals surface area (Å²) in [5.41, 5.74) is -0.225. The van der Waals surface area contributed by atoms with Gasteiger partial charge < -0.3 is 10.6 Å². The molecule has 0 heterocycles. The van der Waals surface area contributed by atoms with E-state index in [-0.39, 0.29) is 5.56 Å². The van der Waals surface area contributed by atoms with E-state index < -0.39 is 23.1 Å². The van der Waals surface area contributed by atoms with Gasteiger partial charge in [-0.2, -0.15) is 0 Å². The summed E-state index contributed by atoms with van der Waals surface area (Å²) in [5.74, 6) is -2.30. The smallest absolute Gasteiger partial charge is 0.257 e. The second-order valence-electron chi connectivity index (χ2n) is 4.89. The van der Waals surface area contributed by atoms with Crippen molar-refractivity contribution in [2.24, 2.45) is 0 Å². The third-order valence-electron chi connectivity index (χ3n) is 3.16. The minimum absolute atomic E-state index is 0.266. The van der Waals surface area contributed by atoms with E-state index in [0.717, 1.165) is 19.0 Å². The highest BCUT2D eigenvalue weighted by Gasteiger charge is 2.20. The Bertz CT molecular complexity index is 473. The molecule has 1 amide bonds. The lowest BCUT2D eigenvalue weighted by Gasteiger charge is -2.08. The van der Waals surface area contributed by atoms with Crippen LogP contribution in [0.2, 0.25) is 0 Å². The molecule has 0 aromatic heterocycles. The first kappa shape index (κ1) is 13.9. The average molecular weight is 268 g/mol. The molecule has 0 unspecified atom stereocenters. The number of rotatable bonds is 6. The van der Waals surface area contributed by atoms with E-state index in [1.54, 1.807) is 0 Å². The van der Waals surface area contributed by atoms with Crippen molar-refractivity contribution in [3.8, 4) is 0 Å². The van der Waals surface area contributed by atoms with Gasteiger partial charge in [-0.3, -0.25) is 4.79 Å². The van der Waals surface area contributed by atoms with Gasteiger partial charge in [0.05, 0.1) is 0 Å². The zero-order valence-corrected chi connectivity index (χ0v) is 10.9. The van der Waals surface area contributed by atoms with Crippen LogP contribution in [0.1, 0.15) is 35.2 Å². The predicted octanol–water partition coefficient (Wildman–Crippen LogP) is 2.15. The van der Waals surface area contributed by atoms with Gasteiger partial charge in [-0.15, -0.1) is 0 Å². The molecule has 1 aromatic rings. The Morgan fingerprint density at radius 1 is 1.32 bits per heavy atom. The number of hydrogen-bond donors (Lipinski definition) is 2. The van der Waals surface area contributed by atoms with Gasteiger partial charge in [0.1, 0.15) is 17.2 Å². The molecule has 19 heavy (non-hydrogen) atoms. The first-order valence-electron chi connectivity index (χ1n) is 6.56. The zero-order chi connectivity index (χ0) is 13.8. The van der Waals surface area contributed by atoms with Gasteiger partial charge in [-0.25, -0.2) is 8.78 Å². The highest BCUT2D eigenvalue weighted by Crippen LogP contribution is 2.18. The van der Waals surface area contributed by atoms with E-state index in [4.69, 9.17) is 0 Å². The summed E-state index contributed by atoms with van der Waals surface area (Å²) in [7, 11) is 0. The van der Waals surface area contributed by atoms with Gasteiger partial charge in [-0.1, -0.05) is 6.07 Å². The second-order valence-corrected chi connectivity index (χ2v) is 4.89. The quantitative estimate of drug-likeness (QED) is 0.776. The summed E-state index contributed by atoms with van der Waals surface area (Å²) < 4.78 is 27.1. The number of halogens is 2. The largest absolute Gasteiger partial charge is 0.352 e. The van der Waals surface area contributed by atoms with Crippen molar-refractivity contribution in [2.45, 2.75) is 32.2 Å². The van der Waals surface area contributed by atoms with E-state index in [2.05, 4.69) is 10.6 Å². The summed E-state index contributed by atoms with van der Waals surface area (Å²) in [6.07, 6.45) is 3.18. The maximum atomic E-state index is 13.7. The first-order chi connectivity index (χ1) is 9.09.